The third-order valence-electron chi connectivity index (χ3n) is 6.67. The molecule has 0 amide bonds. The average Bonchev–Trinajstić information content (AvgIpc) is 2.76. The quantitative estimate of drug-likeness (QED) is 0.370. The van der Waals surface area contributed by atoms with Gasteiger partial charge in [-0.1, -0.05) is 31.9 Å². The summed E-state index contributed by atoms with van der Waals surface area (Å²) in [5.41, 5.74) is 1.86. The second-order valence-electron chi connectivity index (χ2n) is 8.69. The predicted molar refractivity (Wildman–Crippen MR) is 110 cm³/mol. The van der Waals surface area contributed by atoms with Gasteiger partial charge in [0, 0.05) is 17.5 Å². The summed E-state index contributed by atoms with van der Waals surface area (Å²) in [6.07, 6.45) is 6.99. The third-order valence-corrected chi connectivity index (χ3v) is 6.67. The van der Waals surface area contributed by atoms with Crippen LogP contribution in [0, 0.1) is 23.4 Å². The molecule has 0 N–H and O–H groups in total. The lowest BCUT2D eigenvalue weighted by molar-refractivity contribution is 0.302. The Morgan fingerprint density at radius 1 is 0.933 bits per heavy atom. The van der Waals surface area contributed by atoms with E-state index in [0.717, 1.165) is 31.6 Å². The predicted octanol–water partition coefficient (Wildman–Crippen LogP) is 7.78. The highest BCUT2D eigenvalue weighted by Crippen LogP contribution is 2.45. The van der Waals surface area contributed by atoms with Crippen LogP contribution in [0.3, 0.4) is 0 Å². The standard InChI is InChI=1S/C25H28F4O/c1-2-4-15-6-8-16(9-7-15)20-11-10-18-14-19-13-17(5-3-12-26)21(27)23(29)25(19)30-24(18)22(20)28/h10-11,13,15-16H,2-9,12,14H2,1H3. The third kappa shape index (κ3) is 3.95. The van der Waals surface area contributed by atoms with Gasteiger partial charge < -0.3 is 4.74 Å². The number of rotatable bonds is 6. The van der Waals surface area contributed by atoms with Crippen LogP contribution in [-0.4, -0.2) is 6.67 Å². The lowest BCUT2D eigenvalue weighted by Gasteiger charge is -2.30. The van der Waals surface area contributed by atoms with Crippen LogP contribution >= 0.6 is 0 Å². The minimum absolute atomic E-state index is 0.0190. The number of benzene rings is 2. The molecule has 2 aromatic carbocycles. The maximum absolute atomic E-state index is 15.4. The number of aryl methyl sites for hydroxylation is 1. The summed E-state index contributed by atoms with van der Waals surface area (Å²) in [5, 5.41) is 0. The molecule has 1 fully saturated rings. The summed E-state index contributed by atoms with van der Waals surface area (Å²) in [5.74, 6) is -1.96. The largest absolute Gasteiger partial charge is 0.450 e. The molecule has 30 heavy (non-hydrogen) atoms. The van der Waals surface area contributed by atoms with Gasteiger partial charge in [0.25, 0.3) is 0 Å². The molecule has 0 atom stereocenters. The van der Waals surface area contributed by atoms with Crippen molar-refractivity contribution in [3.05, 3.63) is 57.9 Å². The molecule has 0 unspecified atom stereocenters. The molecule has 0 aromatic heterocycles. The van der Waals surface area contributed by atoms with Crippen LogP contribution < -0.4 is 4.74 Å². The highest BCUT2D eigenvalue weighted by Gasteiger charge is 2.31. The number of hydrogen-bond acceptors (Lipinski definition) is 1. The van der Waals surface area contributed by atoms with E-state index in [9.17, 15) is 13.2 Å². The molecule has 0 saturated heterocycles. The Balaban J connectivity index is 1.60. The summed E-state index contributed by atoms with van der Waals surface area (Å²) in [7, 11) is 0. The van der Waals surface area contributed by atoms with Crippen molar-refractivity contribution in [3.63, 3.8) is 0 Å². The fourth-order valence-corrected chi connectivity index (χ4v) is 5.06. The Bertz CT molecular complexity index is 916. The highest BCUT2D eigenvalue weighted by atomic mass is 19.2. The summed E-state index contributed by atoms with van der Waals surface area (Å²) < 4.78 is 62.5. The zero-order chi connectivity index (χ0) is 21.3. The van der Waals surface area contributed by atoms with Gasteiger partial charge >= 0.3 is 0 Å². The van der Waals surface area contributed by atoms with Gasteiger partial charge in [0.1, 0.15) is 0 Å². The molecule has 1 heterocycles. The van der Waals surface area contributed by atoms with Crippen LogP contribution in [0.1, 0.15) is 80.0 Å². The minimum Gasteiger partial charge on any atom is -0.450 e. The molecule has 0 radical (unpaired) electrons. The first-order chi connectivity index (χ1) is 14.5. The molecule has 4 rings (SSSR count). The summed E-state index contributed by atoms with van der Waals surface area (Å²) in [6, 6.07) is 5.20. The molecular weight excluding hydrogens is 392 g/mol. The van der Waals surface area contributed by atoms with Gasteiger partial charge in [-0.2, -0.15) is 4.39 Å². The normalized spacial score (nSPS) is 20.4. The second kappa shape index (κ2) is 8.99. The minimum atomic E-state index is -1.11. The fourth-order valence-electron chi connectivity index (χ4n) is 5.06. The topological polar surface area (TPSA) is 9.23 Å². The van der Waals surface area contributed by atoms with Crippen LogP contribution in [-0.2, 0) is 12.8 Å². The van der Waals surface area contributed by atoms with E-state index in [2.05, 4.69) is 6.92 Å². The van der Waals surface area contributed by atoms with Gasteiger partial charge in [0.05, 0.1) is 6.67 Å². The zero-order valence-electron chi connectivity index (χ0n) is 17.4. The average molecular weight is 420 g/mol. The van der Waals surface area contributed by atoms with Crippen molar-refractivity contribution in [2.24, 2.45) is 5.92 Å². The van der Waals surface area contributed by atoms with Crippen molar-refractivity contribution >= 4 is 0 Å². The monoisotopic (exact) mass is 420 g/mol. The lowest BCUT2D eigenvalue weighted by atomic mass is 9.77. The van der Waals surface area contributed by atoms with Crippen molar-refractivity contribution < 1.29 is 22.3 Å². The van der Waals surface area contributed by atoms with E-state index in [1.807, 2.05) is 12.1 Å². The number of halogens is 4. The molecule has 2 aromatic rings. The van der Waals surface area contributed by atoms with Gasteiger partial charge in [-0.25, -0.2) is 8.78 Å². The van der Waals surface area contributed by atoms with Crippen molar-refractivity contribution in [2.45, 2.75) is 70.6 Å². The van der Waals surface area contributed by atoms with E-state index >= 15 is 4.39 Å². The summed E-state index contributed by atoms with van der Waals surface area (Å²) in [4.78, 5) is 0. The Morgan fingerprint density at radius 2 is 1.67 bits per heavy atom. The first-order valence-corrected chi connectivity index (χ1v) is 11.1. The molecule has 162 valence electrons. The van der Waals surface area contributed by atoms with Crippen molar-refractivity contribution in [1.82, 2.24) is 0 Å². The van der Waals surface area contributed by atoms with Gasteiger partial charge in [-0.15, -0.1) is 0 Å². The molecule has 0 bridgehead atoms. The number of fused-ring (bicyclic) bond motifs is 2. The molecule has 0 spiro atoms. The van der Waals surface area contributed by atoms with Crippen LogP contribution in [0.4, 0.5) is 17.6 Å². The van der Waals surface area contributed by atoms with E-state index in [0.29, 0.717) is 16.7 Å². The molecule has 1 saturated carbocycles. The van der Waals surface area contributed by atoms with Crippen LogP contribution in [0.15, 0.2) is 18.2 Å². The first-order valence-electron chi connectivity index (χ1n) is 11.1. The number of alkyl halides is 1. The molecular formula is C25H28F4O. The van der Waals surface area contributed by atoms with Crippen LogP contribution in [0.2, 0.25) is 0 Å². The summed E-state index contributed by atoms with van der Waals surface area (Å²) in [6.45, 7) is 1.60. The van der Waals surface area contributed by atoms with Crippen molar-refractivity contribution in [2.75, 3.05) is 6.67 Å². The Hall–Kier alpha value is -2.04. The van der Waals surface area contributed by atoms with E-state index < -0.39 is 24.1 Å². The van der Waals surface area contributed by atoms with Gasteiger partial charge in [-0.3, -0.25) is 4.39 Å². The molecule has 1 nitrogen and oxygen atoms in total. The Morgan fingerprint density at radius 3 is 2.37 bits per heavy atom. The second-order valence-corrected chi connectivity index (χ2v) is 8.69. The highest BCUT2D eigenvalue weighted by molar-refractivity contribution is 5.54. The van der Waals surface area contributed by atoms with E-state index in [-0.39, 0.29) is 42.2 Å². The maximum Gasteiger partial charge on any atom is 0.201 e. The first kappa shape index (κ1) is 21.2. The molecule has 1 aliphatic carbocycles. The molecule has 1 aliphatic heterocycles. The number of hydrogen-bond donors (Lipinski definition) is 0. The smallest absolute Gasteiger partial charge is 0.201 e. The SMILES string of the molecule is CCCC1CCC(c2ccc3c(c2F)Oc2c(cc(CCCF)c(F)c2F)C3)CC1. The van der Waals surface area contributed by atoms with Gasteiger partial charge in [0.15, 0.2) is 23.1 Å². The fraction of sp³-hybridized carbons (Fsp3) is 0.520. The van der Waals surface area contributed by atoms with Gasteiger partial charge in [0.2, 0.25) is 5.82 Å². The Labute approximate surface area is 175 Å². The van der Waals surface area contributed by atoms with E-state index in [4.69, 9.17) is 4.74 Å². The zero-order valence-corrected chi connectivity index (χ0v) is 17.4. The lowest BCUT2D eigenvalue weighted by Crippen LogP contribution is -2.16. The van der Waals surface area contributed by atoms with E-state index in [1.165, 1.54) is 18.9 Å². The summed E-state index contributed by atoms with van der Waals surface area (Å²) >= 11 is 0. The molecule has 2 aliphatic rings. The van der Waals surface area contributed by atoms with Crippen molar-refractivity contribution in [3.8, 4) is 11.5 Å². The van der Waals surface area contributed by atoms with Crippen LogP contribution in [0.25, 0.3) is 0 Å². The Kier molecular flexibility index (Phi) is 6.35. The van der Waals surface area contributed by atoms with Crippen molar-refractivity contribution in [1.29, 1.82) is 0 Å². The van der Waals surface area contributed by atoms with Crippen LogP contribution in [0.5, 0.6) is 11.5 Å². The van der Waals surface area contributed by atoms with E-state index in [1.54, 1.807) is 0 Å². The number of ether oxygens (including phenoxy) is 1. The molecule has 5 heteroatoms. The maximum atomic E-state index is 15.4. The van der Waals surface area contributed by atoms with Gasteiger partial charge in [-0.05, 0) is 67.6 Å².